The summed E-state index contributed by atoms with van der Waals surface area (Å²) in [6.45, 7) is 5.62. The average Bonchev–Trinajstić information content (AvgIpc) is 2.79. The van der Waals surface area contributed by atoms with Gasteiger partial charge in [0.05, 0.1) is 11.3 Å². The van der Waals surface area contributed by atoms with E-state index in [0.29, 0.717) is 12.2 Å². The Morgan fingerprint density at radius 2 is 1.70 bits per heavy atom. The number of benzene rings is 2. The van der Waals surface area contributed by atoms with Gasteiger partial charge in [0.1, 0.15) is 12.4 Å². The molecular weight excluding hydrogens is 376 g/mol. The van der Waals surface area contributed by atoms with E-state index in [2.05, 4.69) is 39.6 Å². The highest BCUT2D eigenvalue weighted by Crippen LogP contribution is 2.21. The summed E-state index contributed by atoms with van der Waals surface area (Å²) in [6.07, 6.45) is 1.70. The molecule has 0 aliphatic carbocycles. The van der Waals surface area contributed by atoms with Crippen LogP contribution in [0.3, 0.4) is 0 Å². The molecule has 1 amide bonds. The molecule has 0 radical (unpaired) electrons. The van der Waals surface area contributed by atoms with Crippen LogP contribution in [-0.2, 0) is 6.61 Å². The summed E-state index contributed by atoms with van der Waals surface area (Å²) in [6, 6.07) is 21.9. The highest BCUT2D eigenvalue weighted by atomic mass is 16.5. The number of aryl methyl sites for hydroxylation is 1. The Balaban J connectivity index is 1.26. The quantitative estimate of drug-likeness (QED) is 0.685. The van der Waals surface area contributed by atoms with Crippen molar-refractivity contribution in [3.05, 3.63) is 89.7 Å². The zero-order valence-corrected chi connectivity index (χ0v) is 17.1. The Kier molecular flexibility index (Phi) is 6.25. The number of carbonyl (C=O) groups is 1. The molecule has 2 aromatic carbocycles. The van der Waals surface area contributed by atoms with Crippen LogP contribution >= 0.6 is 0 Å². The average molecular weight is 402 g/mol. The van der Waals surface area contributed by atoms with E-state index in [0.717, 1.165) is 48.9 Å². The van der Waals surface area contributed by atoms with Crippen LogP contribution in [0.4, 0.5) is 5.69 Å². The Bertz CT molecular complexity index is 968. The minimum absolute atomic E-state index is 0.103. The van der Waals surface area contributed by atoms with E-state index in [-0.39, 0.29) is 5.91 Å². The largest absolute Gasteiger partial charge is 0.489 e. The van der Waals surface area contributed by atoms with Crippen LogP contribution in [0.1, 0.15) is 21.6 Å². The predicted molar refractivity (Wildman–Crippen MR) is 117 cm³/mol. The Morgan fingerprint density at radius 3 is 2.40 bits per heavy atom. The number of anilines is 1. The summed E-state index contributed by atoms with van der Waals surface area (Å²) < 4.78 is 5.87. The predicted octanol–water partition coefficient (Wildman–Crippen LogP) is 3.44. The smallest absolute Gasteiger partial charge is 0.267 e. The minimum atomic E-state index is -0.103. The van der Waals surface area contributed by atoms with Gasteiger partial charge in [0, 0.05) is 38.1 Å². The molecule has 4 rings (SSSR count). The first-order valence-corrected chi connectivity index (χ1v) is 10.2. The number of aromatic nitrogens is 1. The molecular formula is C24H26N4O2. The van der Waals surface area contributed by atoms with Crippen molar-refractivity contribution in [1.29, 1.82) is 0 Å². The highest BCUT2D eigenvalue weighted by Gasteiger charge is 2.20. The van der Waals surface area contributed by atoms with Crippen LogP contribution in [-0.4, -0.2) is 42.1 Å². The SMILES string of the molecule is Cc1ncccc1C(=O)NN1CCN(c2ccc(OCc3ccccc3)cc2)CC1. The zero-order valence-electron chi connectivity index (χ0n) is 17.1. The van der Waals surface area contributed by atoms with Gasteiger partial charge in [0.2, 0.25) is 0 Å². The van der Waals surface area contributed by atoms with Gasteiger partial charge in [-0.05, 0) is 48.9 Å². The lowest BCUT2D eigenvalue weighted by atomic mass is 10.2. The van der Waals surface area contributed by atoms with E-state index in [1.54, 1.807) is 18.3 Å². The zero-order chi connectivity index (χ0) is 20.8. The molecule has 0 atom stereocenters. The normalized spacial score (nSPS) is 14.4. The lowest BCUT2D eigenvalue weighted by Crippen LogP contribution is -2.53. The first kappa shape index (κ1) is 19.9. The number of amides is 1. The maximum atomic E-state index is 12.5. The van der Waals surface area contributed by atoms with Crippen LogP contribution in [0.25, 0.3) is 0 Å². The van der Waals surface area contributed by atoms with Crippen molar-refractivity contribution < 1.29 is 9.53 Å². The van der Waals surface area contributed by atoms with Gasteiger partial charge < -0.3 is 9.64 Å². The van der Waals surface area contributed by atoms with Gasteiger partial charge in [-0.15, -0.1) is 0 Å². The second kappa shape index (κ2) is 9.41. The molecule has 0 bridgehead atoms. The summed E-state index contributed by atoms with van der Waals surface area (Å²) in [5.41, 5.74) is 6.67. The van der Waals surface area contributed by atoms with Gasteiger partial charge in [-0.25, -0.2) is 5.01 Å². The summed E-state index contributed by atoms with van der Waals surface area (Å²) in [4.78, 5) is 19.0. The number of hydrazine groups is 1. The van der Waals surface area contributed by atoms with Crippen LogP contribution < -0.4 is 15.1 Å². The van der Waals surface area contributed by atoms with E-state index in [1.165, 1.54) is 0 Å². The number of ether oxygens (including phenoxy) is 1. The van der Waals surface area contributed by atoms with Crippen molar-refractivity contribution in [3.8, 4) is 5.75 Å². The van der Waals surface area contributed by atoms with E-state index in [4.69, 9.17) is 4.74 Å². The standard InChI is InChI=1S/C24H26N4O2/c1-19-23(8-5-13-25-19)24(29)26-28-16-14-27(15-17-28)21-9-11-22(12-10-21)30-18-20-6-3-2-4-7-20/h2-13H,14-18H2,1H3,(H,26,29). The van der Waals surface area contributed by atoms with Crippen LogP contribution in [0, 0.1) is 6.92 Å². The molecule has 0 saturated carbocycles. The number of hydrogen-bond donors (Lipinski definition) is 1. The molecule has 2 heterocycles. The summed E-state index contributed by atoms with van der Waals surface area (Å²) >= 11 is 0. The molecule has 1 aromatic heterocycles. The number of nitrogens with one attached hydrogen (secondary N) is 1. The maximum absolute atomic E-state index is 12.5. The van der Waals surface area contributed by atoms with Gasteiger partial charge in [0.15, 0.2) is 0 Å². The minimum Gasteiger partial charge on any atom is -0.489 e. The molecule has 0 unspecified atom stereocenters. The molecule has 154 valence electrons. The number of rotatable bonds is 6. The summed E-state index contributed by atoms with van der Waals surface area (Å²) in [5, 5.41) is 1.97. The summed E-state index contributed by atoms with van der Waals surface area (Å²) in [7, 11) is 0. The fourth-order valence-corrected chi connectivity index (χ4v) is 3.50. The molecule has 1 saturated heterocycles. The Morgan fingerprint density at radius 1 is 0.967 bits per heavy atom. The van der Waals surface area contributed by atoms with Crippen molar-refractivity contribution in [2.45, 2.75) is 13.5 Å². The van der Waals surface area contributed by atoms with Gasteiger partial charge in [-0.3, -0.25) is 15.2 Å². The number of pyridine rings is 1. The van der Waals surface area contributed by atoms with Crippen molar-refractivity contribution in [1.82, 2.24) is 15.4 Å². The third-order valence-electron chi connectivity index (χ3n) is 5.24. The highest BCUT2D eigenvalue weighted by molar-refractivity contribution is 5.94. The molecule has 0 spiro atoms. The first-order valence-electron chi connectivity index (χ1n) is 10.2. The molecule has 1 fully saturated rings. The van der Waals surface area contributed by atoms with Gasteiger partial charge in [-0.2, -0.15) is 0 Å². The van der Waals surface area contributed by atoms with E-state index < -0.39 is 0 Å². The third-order valence-corrected chi connectivity index (χ3v) is 5.24. The number of hydrogen-bond acceptors (Lipinski definition) is 5. The first-order chi connectivity index (χ1) is 14.7. The van der Waals surface area contributed by atoms with Crippen LogP contribution in [0.5, 0.6) is 5.75 Å². The van der Waals surface area contributed by atoms with Crippen LogP contribution in [0.2, 0.25) is 0 Å². The monoisotopic (exact) mass is 402 g/mol. The van der Waals surface area contributed by atoms with Crippen molar-refractivity contribution in [3.63, 3.8) is 0 Å². The molecule has 1 aliphatic heterocycles. The molecule has 6 nitrogen and oxygen atoms in total. The van der Waals surface area contributed by atoms with Gasteiger partial charge in [0.25, 0.3) is 5.91 Å². The fraction of sp³-hybridized carbons (Fsp3) is 0.250. The Hall–Kier alpha value is -3.38. The lowest BCUT2D eigenvalue weighted by molar-refractivity contribution is 0.0776. The van der Waals surface area contributed by atoms with Gasteiger partial charge >= 0.3 is 0 Å². The molecule has 1 N–H and O–H groups in total. The Labute approximate surface area is 177 Å². The molecule has 1 aliphatic rings. The summed E-state index contributed by atoms with van der Waals surface area (Å²) in [5.74, 6) is 0.759. The molecule has 3 aromatic rings. The number of carbonyl (C=O) groups excluding carboxylic acids is 1. The topological polar surface area (TPSA) is 57.7 Å². The maximum Gasteiger partial charge on any atom is 0.267 e. The van der Waals surface area contributed by atoms with Crippen molar-refractivity contribution >= 4 is 11.6 Å². The molecule has 30 heavy (non-hydrogen) atoms. The van der Waals surface area contributed by atoms with E-state index in [9.17, 15) is 4.79 Å². The number of piperazine rings is 1. The van der Waals surface area contributed by atoms with E-state index in [1.807, 2.05) is 42.3 Å². The van der Waals surface area contributed by atoms with Crippen LogP contribution in [0.15, 0.2) is 72.9 Å². The van der Waals surface area contributed by atoms with Gasteiger partial charge in [-0.1, -0.05) is 30.3 Å². The van der Waals surface area contributed by atoms with Crippen molar-refractivity contribution in [2.75, 3.05) is 31.1 Å². The molecule has 6 heteroatoms. The third kappa shape index (κ3) is 4.96. The second-order valence-corrected chi connectivity index (χ2v) is 7.32. The van der Waals surface area contributed by atoms with Crippen molar-refractivity contribution in [2.24, 2.45) is 0 Å². The van der Waals surface area contributed by atoms with E-state index >= 15 is 0 Å². The lowest BCUT2D eigenvalue weighted by Gasteiger charge is -2.36. The number of nitrogens with zero attached hydrogens (tertiary/aromatic N) is 3. The second-order valence-electron chi connectivity index (χ2n) is 7.32. The fourth-order valence-electron chi connectivity index (χ4n) is 3.50.